The first-order valence-corrected chi connectivity index (χ1v) is 6.65. The third-order valence-electron chi connectivity index (χ3n) is 3.55. The summed E-state index contributed by atoms with van der Waals surface area (Å²) in [5.41, 5.74) is 0. The first-order chi connectivity index (χ1) is 7.61. The van der Waals surface area contributed by atoms with Gasteiger partial charge in [-0.05, 0) is 18.3 Å². The van der Waals surface area contributed by atoms with Crippen molar-refractivity contribution in [2.75, 3.05) is 0 Å². The minimum absolute atomic E-state index is 0.155. The van der Waals surface area contributed by atoms with E-state index in [2.05, 4.69) is 13.8 Å². The van der Waals surface area contributed by atoms with Gasteiger partial charge in [0.1, 0.15) is 11.6 Å². The maximum absolute atomic E-state index is 11.3. The zero-order valence-corrected chi connectivity index (χ0v) is 10.6. The van der Waals surface area contributed by atoms with Gasteiger partial charge in [-0.15, -0.1) is 0 Å². The SMILES string of the molecule is CCCCC(C)CCC1CC(=O)CC(=O)C1. The number of carbonyl (C=O) groups excluding carboxylic acids is 2. The second-order valence-electron chi connectivity index (χ2n) is 5.35. The van der Waals surface area contributed by atoms with Crippen LogP contribution in [0.25, 0.3) is 0 Å². The zero-order chi connectivity index (χ0) is 12.0. The average molecular weight is 224 g/mol. The summed E-state index contributed by atoms with van der Waals surface area (Å²) in [6.45, 7) is 4.49. The molecule has 1 fully saturated rings. The number of hydrogen-bond acceptors (Lipinski definition) is 2. The summed E-state index contributed by atoms with van der Waals surface area (Å²) in [7, 11) is 0. The molecule has 0 N–H and O–H groups in total. The molecule has 2 heteroatoms. The summed E-state index contributed by atoms with van der Waals surface area (Å²) in [4.78, 5) is 22.6. The first-order valence-electron chi connectivity index (χ1n) is 6.65. The summed E-state index contributed by atoms with van der Waals surface area (Å²) in [6, 6.07) is 0. The van der Waals surface area contributed by atoms with E-state index in [0.717, 1.165) is 12.3 Å². The molecule has 0 bridgehead atoms. The molecule has 92 valence electrons. The molecule has 1 aliphatic carbocycles. The van der Waals surface area contributed by atoms with Crippen LogP contribution < -0.4 is 0 Å². The number of unbranched alkanes of at least 4 members (excludes halogenated alkanes) is 1. The Labute approximate surface area is 98.8 Å². The van der Waals surface area contributed by atoms with Gasteiger partial charge in [0, 0.05) is 12.8 Å². The minimum Gasteiger partial charge on any atom is -0.299 e. The Kier molecular flexibility index (Phi) is 5.72. The lowest BCUT2D eigenvalue weighted by Crippen LogP contribution is -2.23. The Morgan fingerprint density at radius 1 is 1.19 bits per heavy atom. The lowest BCUT2D eigenvalue weighted by Gasteiger charge is -2.21. The van der Waals surface area contributed by atoms with E-state index in [1.165, 1.54) is 25.7 Å². The molecule has 0 spiro atoms. The van der Waals surface area contributed by atoms with Crippen LogP contribution in [-0.2, 0) is 9.59 Å². The molecule has 0 aromatic carbocycles. The van der Waals surface area contributed by atoms with Crippen molar-refractivity contribution in [3.8, 4) is 0 Å². The molecule has 1 atom stereocenters. The van der Waals surface area contributed by atoms with Crippen LogP contribution in [0.1, 0.15) is 65.2 Å². The van der Waals surface area contributed by atoms with Gasteiger partial charge in [0.25, 0.3) is 0 Å². The molecular formula is C14H24O2. The highest BCUT2D eigenvalue weighted by atomic mass is 16.1. The van der Waals surface area contributed by atoms with Crippen molar-refractivity contribution in [3.05, 3.63) is 0 Å². The zero-order valence-electron chi connectivity index (χ0n) is 10.6. The van der Waals surface area contributed by atoms with Crippen LogP contribution >= 0.6 is 0 Å². The molecular weight excluding hydrogens is 200 g/mol. The normalized spacial score (nSPS) is 20.1. The second-order valence-corrected chi connectivity index (χ2v) is 5.35. The van der Waals surface area contributed by atoms with Crippen LogP contribution in [0.5, 0.6) is 0 Å². The molecule has 0 heterocycles. The minimum atomic E-state index is 0.155. The van der Waals surface area contributed by atoms with Gasteiger partial charge in [0.15, 0.2) is 0 Å². The van der Waals surface area contributed by atoms with Crippen molar-refractivity contribution in [1.82, 2.24) is 0 Å². The summed E-state index contributed by atoms with van der Waals surface area (Å²) >= 11 is 0. The lowest BCUT2D eigenvalue weighted by molar-refractivity contribution is -0.131. The summed E-state index contributed by atoms with van der Waals surface area (Å²) < 4.78 is 0. The first kappa shape index (κ1) is 13.4. The second kappa shape index (κ2) is 6.82. The molecule has 1 saturated carbocycles. The molecule has 16 heavy (non-hydrogen) atoms. The molecule has 0 aliphatic heterocycles. The topological polar surface area (TPSA) is 34.1 Å². The van der Waals surface area contributed by atoms with Gasteiger partial charge in [-0.25, -0.2) is 0 Å². The molecule has 0 saturated heterocycles. The Morgan fingerprint density at radius 2 is 1.81 bits per heavy atom. The summed E-state index contributed by atoms with van der Waals surface area (Å²) in [5.74, 6) is 1.40. The predicted octanol–water partition coefficient (Wildman–Crippen LogP) is 3.53. The quantitative estimate of drug-likeness (QED) is 0.647. The molecule has 0 amide bonds. The van der Waals surface area contributed by atoms with Gasteiger partial charge in [-0.1, -0.05) is 39.5 Å². The van der Waals surface area contributed by atoms with Crippen LogP contribution in [0.3, 0.4) is 0 Å². The van der Waals surface area contributed by atoms with Crippen molar-refractivity contribution in [1.29, 1.82) is 0 Å². The van der Waals surface area contributed by atoms with E-state index < -0.39 is 0 Å². The average Bonchev–Trinajstić information content (AvgIpc) is 2.22. The van der Waals surface area contributed by atoms with Crippen LogP contribution in [0.4, 0.5) is 0 Å². The number of Topliss-reactive ketones (excluding diaryl/α,β-unsaturated/α-hetero) is 2. The van der Waals surface area contributed by atoms with Crippen molar-refractivity contribution in [3.63, 3.8) is 0 Å². The van der Waals surface area contributed by atoms with Gasteiger partial charge in [-0.3, -0.25) is 9.59 Å². The number of rotatable bonds is 6. The van der Waals surface area contributed by atoms with E-state index in [4.69, 9.17) is 0 Å². The molecule has 0 radical (unpaired) electrons. The van der Waals surface area contributed by atoms with Gasteiger partial charge in [0.05, 0.1) is 6.42 Å². The third-order valence-corrected chi connectivity index (χ3v) is 3.55. The van der Waals surface area contributed by atoms with Crippen molar-refractivity contribution in [2.45, 2.75) is 65.2 Å². The third kappa shape index (κ3) is 4.91. The van der Waals surface area contributed by atoms with Gasteiger partial charge in [-0.2, -0.15) is 0 Å². The van der Waals surface area contributed by atoms with Crippen molar-refractivity contribution >= 4 is 11.6 Å². The molecule has 1 unspecified atom stereocenters. The molecule has 2 nitrogen and oxygen atoms in total. The van der Waals surface area contributed by atoms with Crippen LogP contribution in [0, 0.1) is 11.8 Å². The van der Waals surface area contributed by atoms with E-state index in [-0.39, 0.29) is 18.0 Å². The standard InChI is InChI=1S/C14H24O2/c1-3-4-5-11(2)6-7-12-8-13(15)10-14(16)9-12/h11-12H,3-10H2,1-2H3. The highest BCUT2D eigenvalue weighted by molar-refractivity contribution is 6.01. The van der Waals surface area contributed by atoms with E-state index >= 15 is 0 Å². The number of ketones is 2. The largest absolute Gasteiger partial charge is 0.299 e. The maximum Gasteiger partial charge on any atom is 0.140 e. The predicted molar refractivity (Wildman–Crippen MR) is 65.3 cm³/mol. The highest BCUT2D eigenvalue weighted by Gasteiger charge is 2.25. The van der Waals surface area contributed by atoms with E-state index in [1.807, 2.05) is 0 Å². The maximum atomic E-state index is 11.3. The van der Waals surface area contributed by atoms with Crippen molar-refractivity contribution in [2.24, 2.45) is 11.8 Å². The molecule has 0 aromatic heterocycles. The molecule has 1 rings (SSSR count). The van der Waals surface area contributed by atoms with Gasteiger partial charge >= 0.3 is 0 Å². The Balaban J connectivity index is 2.21. The lowest BCUT2D eigenvalue weighted by atomic mass is 9.82. The molecule has 0 aromatic rings. The van der Waals surface area contributed by atoms with E-state index in [0.29, 0.717) is 18.8 Å². The summed E-state index contributed by atoms with van der Waals surface area (Å²) in [5, 5.41) is 0. The molecule has 1 aliphatic rings. The summed E-state index contributed by atoms with van der Waals surface area (Å²) in [6.07, 6.45) is 7.55. The Hall–Kier alpha value is -0.660. The fourth-order valence-corrected chi connectivity index (χ4v) is 2.50. The van der Waals surface area contributed by atoms with Crippen LogP contribution in [-0.4, -0.2) is 11.6 Å². The number of carbonyl (C=O) groups is 2. The van der Waals surface area contributed by atoms with Crippen LogP contribution in [0.2, 0.25) is 0 Å². The van der Waals surface area contributed by atoms with E-state index in [9.17, 15) is 9.59 Å². The fourth-order valence-electron chi connectivity index (χ4n) is 2.50. The van der Waals surface area contributed by atoms with Crippen molar-refractivity contribution < 1.29 is 9.59 Å². The van der Waals surface area contributed by atoms with E-state index in [1.54, 1.807) is 0 Å². The smallest absolute Gasteiger partial charge is 0.140 e. The van der Waals surface area contributed by atoms with Gasteiger partial charge < -0.3 is 0 Å². The Morgan fingerprint density at radius 3 is 2.38 bits per heavy atom. The number of hydrogen-bond donors (Lipinski definition) is 0. The highest BCUT2D eigenvalue weighted by Crippen LogP contribution is 2.26. The van der Waals surface area contributed by atoms with Gasteiger partial charge in [0.2, 0.25) is 0 Å². The monoisotopic (exact) mass is 224 g/mol. The fraction of sp³-hybridized carbons (Fsp3) is 0.857. The van der Waals surface area contributed by atoms with Crippen LogP contribution in [0.15, 0.2) is 0 Å². The Bertz CT molecular complexity index is 229.